The van der Waals surface area contributed by atoms with Crippen molar-refractivity contribution in [2.45, 2.75) is 110 Å². The Morgan fingerprint density at radius 3 is 2.16 bits per heavy atom. The number of hydrogen-bond acceptors (Lipinski definition) is 14. The fourth-order valence-electron chi connectivity index (χ4n) is 5.37. The number of esters is 3. The summed E-state index contributed by atoms with van der Waals surface area (Å²) in [5.74, 6) is -4.92. The zero-order valence-electron chi connectivity index (χ0n) is 31.2. The molecule has 1 aliphatic heterocycles. The molecule has 2 aromatic rings. The van der Waals surface area contributed by atoms with E-state index < -0.39 is 102 Å². The number of H-pyrrole nitrogens is 1. The first-order valence-electron chi connectivity index (χ1n) is 17.2. The second-order valence-electron chi connectivity index (χ2n) is 13.4. The third-order valence-electron chi connectivity index (χ3n) is 7.63. The van der Waals surface area contributed by atoms with Gasteiger partial charge in [-0.2, -0.15) is 4.39 Å². The van der Waals surface area contributed by atoms with E-state index in [4.69, 9.17) is 28.4 Å². The monoisotopic (exact) mass is 779 g/mol. The molecule has 6 atom stereocenters. The van der Waals surface area contributed by atoms with Gasteiger partial charge in [-0.25, -0.2) is 14.4 Å². The maximum atomic E-state index is 14.4. The molecule has 19 nitrogen and oxygen atoms in total. The fourth-order valence-corrected chi connectivity index (χ4v) is 5.37. The van der Waals surface area contributed by atoms with E-state index in [2.05, 4.69) is 16.0 Å². The van der Waals surface area contributed by atoms with Crippen LogP contribution in [0.15, 0.2) is 46.1 Å². The lowest BCUT2D eigenvalue weighted by Crippen LogP contribution is -2.57. The SMILES string of the molecule is CC(=O)OC[C@@H](NC(=O)[C@H](CCCCNC(=O)OCc1ccccc1)NC(=O)OC(C)(C)C)[C@H]1O[C@@H](n2cc(F)c(=O)[nH]c2=O)[C@H](OC(C)=O)[C@@H]1OC(C)=O. The Kier molecular flexibility index (Phi) is 15.9. The third-order valence-corrected chi connectivity index (χ3v) is 7.63. The van der Waals surface area contributed by atoms with Crippen molar-refractivity contribution in [2.24, 2.45) is 0 Å². The Balaban J connectivity index is 1.86. The van der Waals surface area contributed by atoms with Gasteiger partial charge in [0.05, 0.1) is 12.2 Å². The smallest absolute Gasteiger partial charge is 0.408 e. The van der Waals surface area contributed by atoms with Crippen LogP contribution in [0.2, 0.25) is 0 Å². The molecule has 1 aliphatic rings. The van der Waals surface area contributed by atoms with Crippen molar-refractivity contribution in [1.82, 2.24) is 25.5 Å². The van der Waals surface area contributed by atoms with Crippen molar-refractivity contribution < 1.29 is 61.6 Å². The number of aromatic nitrogens is 2. The predicted octanol–water partition coefficient (Wildman–Crippen LogP) is 1.47. The van der Waals surface area contributed by atoms with Crippen LogP contribution in [0.3, 0.4) is 0 Å². The van der Waals surface area contributed by atoms with Crippen LogP contribution in [-0.2, 0) is 54.2 Å². The largest absolute Gasteiger partial charge is 0.464 e. The third kappa shape index (κ3) is 14.2. The van der Waals surface area contributed by atoms with Crippen molar-refractivity contribution in [3.05, 3.63) is 68.7 Å². The van der Waals surface area contributed by atoms with Crippen LogP contribution in [0.4, 0.5) is 14.0 Å². The number of halogens is 1. The van der Waals surface area contributed by atoms with Gasteiger partial charge in [0, 0.05) is 27.3 Å². The van der Waals surface area contributed by atoms with Crippen molar-refractivity contribution in [2.75, 3.05) is 13.2 Å². The predicted molar refractivity (Wildman–Crippen MR) is 187 cm³/mol. The number of nitrogens with zero attached hydrogens (tertiary/aromatic N) is 1. The van der Waals surface area contributed by atoms with Gasteiger partial charge < -0.3 is 44.4 Å². The van der Waals surface area contributed by atoms with Gasteiger partial charge in [-0.1, -0.05) is 30.3 Å². The molecule has 1 aromatic carbocycles. The first-order chi connectivity index (χ1) is 25.8. The lowest BCUT2D eigenvalue weighted by molar-refractivity contribution is -0.166. The minimum absolute atomic E-state index is 0.00422. The molecule has 3 amide bonds. The van der Waals surface area contributed by atoms with E-state index in [1.165, 1.54) is 0 Å². The molecular weight excluding hydrogens is 733 g/mol. The molecule has 20 heteroatoms. The number of aromatic amines is 1. The van der Waals surface area contributed by atoms with E-state index >= 15 is 0 Å². The fraction of sp³-hybridized carbons (Fsp3) is 0.543. The highest BCUT2D eigenvalue weighted by molar-refractivity contribution is 5.86. The quantitative estimate of drug-likeness (QED) is 0.107. The number of carbonyl (C=O) groups is 6. The molecule has 1 fully saturated rings. The summed E-state index contributed by atoms with van der Waals surface area (Å²) < 4.78 is 47.5. The van der Waals surface area contributed by atoms with Gasteiger partial charge in [-0.15, -0.1) is 0 Å². The van der Waals surface area contributed by atoms with E-state index in [-0.39, 0.29) is 26.0 Å². The Labute approximate surface area is 314 Å². The van der Waals surface area contributed by atoms with Crippen LogP contribution in [0, 0.1) is 5.82 Å². The van der Waals surface area contributed by atoms with E-state index in [1.807, 2.05) is 18.2 Å². The summed E-state index contributed by atoms with van der Waals surface area (Å²) in [5.41, 5.74) is -2.68. The number of alkyl carbamates (subject to hydrolysis) is 2. The van der Waals surface area contributed by atoms with Crippen LogP contribution < -0.4 is 27.2 Å². The second kappa shape index (κ2) is 20.0. The van der Waals surface area contributed by atoms with Crippen LogP contribution in [-0.4, -0.2) is 94.7 Å². The highest BCUT2D eigenvalue weighted by Crippen LogP contribution is 2.35. The molecular formula is C35H46FN5O14. The standard InChI is InChI=1S/C35H46FN5O14/c1-19(42)50-18-25(26-27(52-20(2)43)28(53-21(3)44)31(54-26)41-16-23(36)29(45)40-32(41)47)38-30(46)24(39-34(49)55-35(4,5)6)14-10-11-15-37-33(48)51-17-22-12-8-7-9-13-22/h7-9,12-13,16,24-28,31H,10-11,14-15,17-18H2,1-6H3,(H,37,48)(H,38,46)(H,39,49)(H,40,45,47)/t24-,25+,26+,27+,28+,31+/m0/s1. The maximum Gasteiger partial charge on any atom is 0.408 e. The summed E-state index contributed by atoms with van der Waals surface area (Å²) in [7, 11) is 0. The van der Waals surface area contributed by atoms with Gasteiger partial charge >= 0.3 is 35.8 Å². The summed E-state index contributed by atoms with van der Waals surface area (Å²) in [4.78, 5) is 102. The highest BCUT2D eigenvalue weighted by Gasteiger charge is 2.54. The van der Waals surface area contributed by atoms with Crippen LogP contribution in [0.5, 0.6) is 0 Å². The summed E-state index contributed by atoms with van der Waals surface area (Å²) in [6.07, 6.45) is -7.07. The molecule has 4 N–H and O–H groups in total. The van der Waals surface area contributed by atoms with Gasteiger partial charge in [0.15, 0.2) is 18.4 Å². The van der Waals surface area contributed by atoms with E-state index in [0.29, 0.717) is 17.2 Å². The molecule has 55 heavy (non-hydrogen) atoms. The topological polar surface area (TPSA) is 249 Å². The second-order valence-corrected chi connectivity index (χ2v) is 13.4. The summed E-state index contributed by atoms with van der Waals surface area (Å²) in [6.45, 7) is 7.51. The number of rotatable bonds is 16. The van der Waals surface area contributed by atoms with E-state index in [9.17, 15) is 42.7 Å². The van der Waals surface area contributed by atoms with E-state index in [1.54, 1.807) is 37.9 Å². The molecule has 3 rings (SSSR count). The van der Waals surface area contributed by atoms with Crippen LogP contribution in [0.25, 0.3) is 0 Å². The van der Waals surface area contributed by atoms with Gasteiger partial charge in [0.25, 0.3) is 5.56 Å². The van der Waals surface area contributed by atoms with Gasteiger partial charge in [0.2, 0.25) is 11.7 Å². The number of unbranched alkanes of at least 4 members (excludes halogenated alkanes) is 1. The van der Waals surface area contributed by atoms with E-state index in [0.717, 1.165) is 26.3 Å². The lowest BCUT2D eigenvalue weighted by Gasteiger charge is -2.30. The zero-order valence-corrected chi connectivity index (χ0v) is 31.2. The Bertz CT molecular complexity index is 1790. The Hall–Kier alpha value is -5.79. The normalized spacial score (nSPS) is 18.9. The highest BCUT2D eigenvalue weighted by atomic mass is 19.1. The maximum absolute atomic E-state index is 14.4. The number of benzene rings is 1. The molecule has 0 aliphatic carbocycles. The minimum atomic E-state index is -1.74. The molecule has 0 unspecified atom stereocenters. The molecule has 0 saturated carbocycles. The number of nitrogens with one attached hydrogen (secondary N) is 4. The number of amides is 3. The average Bonchev–Trinajstić information content (AvgIpc) is 3.41. The van der Waals surface area contributed by atoms with Crippen LogP contribution >= 0.6 is 0 Å². The van der Waals surface area contributed by atoms with Crippen molar-refractivity contribution in [3.8, 4) is 0 Å². The molecule has 0 bridgehead atoms. The molecule has 302 valence electrons. The van der Waals surface area contributed by atoms with Crippen molar-refractivity contribution in [3.63, 3.8) is 0 Å². The molecule has 2 heterocycles. The number of carbonyl (C=O) groups excluding carboxylic acids is 6. The minimum Gasteiger partial charge on any atom is -0.464 e. The molecule has 1 saturated heterocycles. The van der Waals surface area contributed by atoms with Crippen molar-refractivity contribution in [1.29, 1.82) is 0 Å². The molecule has 1 aromatic heterocycles. The summed E-state index contributed by atoms with van der Waals surface area (Å²) >= 11 is 0. The lowest BCUT2D eigenvalue weighted by atomic mass is 10.0. The number of hydrogen-bond donors (Lipinski definition) is 4. The summed E-state index contributed by atoms with van der Waals surface area (Å²) in [6, 6.07) is 6.31. The first-order valence-corrected chi connectivity index (χ1v) is 17.2. The Morgan fingerprint density at radius 1 is 0.891 bits per heavy atom. The van der Waals surface area contributed by atoms with Crippen LogP contribution in [0.1, 0.15) is 72.6 Å². The van der Waals surface area contributed by atoms with Gasteiger partial charge in [0.1, 0.15) is 31.0 Å². The van der Waals surface area contributed by atoms with Crippen molar-refractivity contribution >= 4 is 36.0 Å². The molecule has 0 spiro atoms. The number of ether oxygens (including phenoxy) is 6. The van der Waals surface area contributed by atoms with Gasteiger partial charge in [-0.3, -0.25) is 33.5 Å². The summed E-state index contributed by atoms with van der Waals surface area (Å²) in [5, 5.41) is 7.71. The average molecular weight is 780 g/mol. The Morgan fingerprint density at radius 2 is 1.55 bits per heavy atom. The first kappa shape index (κ1) is 43.6. The molecule has 0 radical (unpaired) electrons. The van der Waals surface area contributed by atoms with Gasteiger partial charge in [-0.05, 0) is 45.6 Å². The zero-order chi connectivity index (χ0) is 40.9.